The molecule has 1 amide bonds. The molecule has 0 radical (unpaired) electrons. The van der Waals surface area contributed by atoms with E-state index < -0.39 is 5.54 Å². The zero-order chi connectivity index (χ0) is 13.5. The number of nitrogens with one attached hydrogen (secondary N) is 1. The van der Waals surface area contributed by atoms with E-state index in [1.807, 2.05) is 18.2 Å². The second-order valence-corrected chi connectivity index (χ2v) is 5.70. The number of fused-ring (bicyclic) bond motifs is 1. The van der Waals surface area contributed by atoms with Crippen LogP contribution in [0.5, 0.6) is 0 Å². The van der Waals surface area contributed by atoms with Crippen LogP contribution in [0, 0.1) is 0 Å². The van der Waals surface area contributed by atoms with Crippen LogP contribution in [0.25, 0.3) is 0 Å². The van der Waals surface area contributed by atoms with Crippen molar-refractivity contribution >= 4 is 17.5 Å². The van der Waals surface area contributed by atoms with Gasteiger partial charge in [-0.25, -0.2) is 0 Å². The molecular formula is C14H18ClN3O. The number of hydrogen-bond donors (Lipinski definition) is 2. The van der Waals surface area contributed by atoms with Crippen molar-refractivity contribution in [2.45, 2.75) is 18.4 Å². The molecule has 2 aliphatic rings. The molecule has 0 aromatic heterocycles. The number of halogens is 1. The van der Waals surface area contributed by atoms with Gasteiger partial charge in [-0.05, 0) is 36.1 Å². The summed E-state index contributed by atoms with van der Waals surface area (Å²) in [5, 5.41) is 4.03. The van der Waals surface area contributed by atoms with E-state index in [2.05, 4.69) is 10.2 Å². The topological polar surface area (TPSA) is 58.4 Å². The van der Waals surface area contributed by atoms with E-state index in [4.69, 9.17) is 17.3 Å². The summed E-state index contributed by atoms with van der Waals surface area (Å²) in [6, 6.07) is 5.78. The molecular weight excluding hydrogens is 262 g/mol. The summed E-state index contributed by atoms with van der Waals surface area (Å²) < 4.78 is 0. The fraction of sp³-hybridized carbons (Fsp3) is 0.500. The molecule has 1 aliphatic heterocycles. The Morgan fingerprint density at radius 2 is 2.11 bits per heavy atom. The lowest BCUT2D eigenvalue weighted by atomic mass is 9.88. The van der Waals surface area contributed by atoms with Crippen LogP contribution in [0.1, 0.15) is 17.5 Å². The Labute approximate surface area is 117 Å². The van der Waals surface area contributed by atoms with E-state index in [1.54, 1.807) is 0 Å². The average Bonchev–Trinajstić information content (AvgIpc) is 2.79. The summed E-state index contributed by atoms with van der Waals surface area (Å²) in [4.78, 5) is 14.4. The van der Waals surface area contributed by atoms with Crippen molar-refractivity contribution in [2.75, 3.05) is 26.2 Å². The van der Waals surface area contributed by atoms with E-state index in [9.17, 15) is 4.79 Å². The first kappa shape index (κ1) is 12.9. The van der Waals surface area contributed by atoms with Crippen LogP contribution >= 0.6 is 11.6 Å². The molecule has 3 N–H and O–H groups in total. The number of piperazine rings is 1. The summed E-state index contributed by atoms with van der Waals surface area (Å²) in [5.41, 5.74) is 7.35. The Kier molecular flexibility index (Phi) is 3.25. The molecule has 1 fully saturated rings. The van der Waals surface area contributed by atoms with E-state index in [0.29, 0.717) is 0 Å². The number of primary amides is 1. The van der Waals surface area contributed by atoms with Gasteiger partial charge in [0.1, 0.15) is 5.54 Å². The van der Waals surface area contributed by atoms with Gasteiger partial charge in [-0.15, -0.1) is 0 Å². The number of hydrogen-bond acceptors (Lipinski definition) is 3. The highest BCUT2D eigenvalue weighted by molar-refractivity contribution is 6.30. The van der Waals surface area contributed by atoms with Crippen LogP contribution in [0.2, 0.25) is 5.02 Å². The molecule has 19 heavy (non-hydrogen) atoms. The Bertz CT molecular complexity index is 513. The van der Waals surface area contributed by atoms with Crippen LogP contribution in [-0.4, -0.2) is 37.0 Å². The first-order chi connectivity index (χ1) is 9.14. The van der Waals surface area contributed by atoms with E-state index in [-0.39, 0.29) is 5.91 Å². The second-order valence-electron chi connectivity index (χ2n) is 5.26. The monoisotopic (exact) mass is 279 g/mol. The third-order valence-corrected chi connectivity index (χ3v) is 4.57. The quantitative estimate of drug-likeness (QED) is 0.845. The van der Waals surface area contributed by atoms with Crippen molar-refractivity contribution in [3.05, 3.63) is 34.3 Å². The lowest BCUT2D eigenvalue weighted by Crippen LogP contribution is -2.59. The number of carbonyl (C=O) groups is 1. The molecule has 4 nitrogen and oxygen atoms in total. The smallest absolute Gasteiger partial charge is 0.242 e. The molecule has 1 unspecified atom stereocenters. The number of amides is 1. The standard InChI is InChI=1S/C14H18ClN3O/c15-11-1-2-12-10(9-11)3-4-14(12,13(16)19)18-7-5-17-6-8-18/h1-2,9,17H,3-8H2,(H2,16,19). The highest BCUT2D eigenvalue weighted by Crippen LogP contribution is 2.42. The molecule has 1 aromatic carbocycles. The molecule has 1 aliphatic carbocycles. The fourth-order valence-corrected chi connectivity index (χ4v) is 3.60. The van der Waals surface area contributed by atoms with Crippen molar-refractivity contribution < 1.29 is 4.79 Å². The molecule has 102 valence electrons. The molecule has 0 bridgehead atoms. The van der Waals surface area contributed by atoms with Gasteiger partial charge in [0.05, 0.1) is 0 Å². The van der Waals surface area contributed by atoms with Gasteiger partial charge in [0.25, 0.3) is 0 Å². The molecule has 0 saturated carbocycles. The number of rotatable bonds is 2. The van der Waals surface area contributed by atoms with Gasteiger partial charge in [0.15, 0.2) is 0 Å². The normalized spacial score (nSPS) is 27.2. The predicted octanol–water partition coefficient (Wildman–Crippen LogP) is 0.872. The number of nitrogens with zero attached hydrogens (tertiary/aromatic N) is 1. The Hall–Kier alpha value is -1.10. The molecule has 1 heterocycles. The van der Waals surface area contributed by atoms with E-state index in [0.717, 1.165) is 55.2 Å². The molecule has 0 spiro atoms. The van der Waals surface area contributed by atoms with E-state index in [1.165, 1.54) is 0 Å². The Morgan fingerprint density at radius 1 is 1.37 bits per heavy atom. The minimum Gasteiger partial charge on any atom is -0.368 e. The minimum absolute atomic E-state index is 0.240. The van der Waals surface area contributed by atoms with Crippen LogP contribution in [0.15, 0.2) is 18.2 Å². The van der Waals surface area contributed by atoms with Crippen LogP contribution in [0.3, 0.4) is 0 Å². The average molecular weight is 280 g/mol. The van der Waals surface area contributed by atoms with Gasteiger partial charge in [-0.2, -0.15) is 0 Å². The first-order valence-electron chi connectivity index (χ1n) is 6.69. The van der Waals surface area contributed by atoms with E-state index >= 15 is 0 Å². The Balaban J connectivity index is 2.06. The maximum absolute atomic E-state index is 12.2. The van der Waals surface area contributed by atoms with Gasteiger partial charge in [0, 0.05) is 31.2 Å². The summed E-state index contributed by atoms with van der Waals surface area (Å²) in [6.07, 6.45) is 1.63. The summed E-state index contributed by atoms with van der Waals surface area (Å²) in [6.45, 7) is 3.51. The zero-order valence-electron chi connectivity index (χ0n) is 10.8. The molecule has 3 rings (SSSR count). The summed E-state index contributed by atoms with van der Waals surface area (Å²) >= 11 is 6.04. The molecule has 1 aromatic rings. The van der Waals surface area contributed by atoms with Crippen LogP contribution < -0.4 is 11.1 Å². The lowest BCUT2D eigenvalue weighted by Gasteiger charge is -2.42. The van der Waals surface area contributed by atoms with Crippen molar-refractivity contribution in [3.63, 3.8) is 0 Å². The van der Waals surface area contributed by atoms with Crippen molar-refractivity contribution in [1.29, 1.82) is 0 Å². The molecule has 1 saturated heterocycles. The maximum Gasteiger partial charge on any atom is 0.242 e. The number of nitrogens with two attached hydrogens (primary N) is 1. The fourth-order valence-electron chi connectivity index (χ4n) is 3.41. The third-order valence-electron chi connectivity index (χ3n) is 4.33. The number of aryl methyl sites for hydroxylation is 1. The maximum atomic E-state index is 12.2. The second kappa shape index (κ2) is 4.78. The third kappa shape index (κ3) is 1.95. The van der Waals surface area contributed by atoms with Gasteiger partial charge in [-0.1, -0.05) is 17.7 Å². The van der Waals surface area contributed by atoms with Crippen molar-refractivity contribution in [3.8, 4) is 0 Å². The summed E-state index contributed by atoms with van der Waals surface area (Å²) in [5.74, 6) is -0.240. The van der Waals surface area contributed by atoms with Crippen LogP contribution in [0.4, 0.5) is 0 Å². The van der Waals surface area contributed by atoms with Gasteiger partial charge >= 0.3 is 0 Å². The first-order valence-corrected chi connectivity index (χ1v) is 7.07. The lowest BCUT2D eigenvalue weighted by molar-refractivity contribution is -0.131. The molecule has 5 heteroatoms. The van der Waals surface area contributed by atoms with Crippen molar-refractivity contribution in [1.82, 2.24) is 10.2 Å². The zero-order valence-corrected chi connectivity index (χ0v) is 11.5. The van der Waals surface area contributed by atoms with Gasteiger partial charge in [0.2, 0.25) is 5.91 Å². The number of benzene rings is 1. The van der Waals surface area contributed by atoms with Gasteiger partial charge in [-0.3, -0.25) is 9.69 Å². The Morgan fingerprint density at radius 3 is 2.79 bits per heavy atom. The van der Waals surface area contributed by atoms with Gasteiger partial charge < -0.3 is 11.1 Å². The molecule has 1 atom stereocenters. The minimum atomic E-state index is -0.637. The van der Waals surface area contributed by atoms with Crippen molar-refractivity contribution in [2.24, 2.45) is 5.73 Å². The largest absolute Gasteiger partial charge is 0.368 e. The van der Waals surface area contributed by atoms with Crippen LogP contribution in [-0.2, 0) is 16.8 Å². The highest BCUT2D eigenvalue weighted by Gasteiger charge is 2.48. The number of carbonyl (C=O) groups excluding carboxylic acids is 1. The summed E-state index contributed by atoms with van der Waals surface area (Å²) in [7, 11) is 0. The predicted molar refractivity (Wildman–Crippen MR) is 75.1 cm³/mol. The highest BCUT2D eigenvalue weighted by atomic mass is 35.5. The SMILES string of the molecule is NC(=O)C1(N2CCNCC2)CCc2cc(Cl)ccc21.